The van der Waals surface area contributed by atoms with Crippen molar-refractivity contribution in [2.45, 2.75) is 51.2 Å². The summed E-state index contributed by atoms with van der Waals surface area (Å²) in [6, 6.07) is 28.2. The quantitative estimate of drug-likeness (QED) is 0.423. The van der Waals surface area contributed by atoms with Gasteiger partial charge in [0.25, 0.3) is 5.91 Å². The van der Waals surface area contributed by atoms with Crippen molar-refractivity contribution < 1.29 is 14.4 Å². The van der Waals surface area contributed by atoms with Crippen LogP contribution in [0.3, 0.4) is 0 Å². The highest BCUT2D eigenvalue weighted by atomic mass is 28.4. The molecule has 0 radical (unpaired) electrons. The number of nitrogens with zero attached hydrogens (tertiary/aromatic N) is 1. The third kappa shape index (κ3) is 7.12. The summed E-state index contributed by atoms with van der Waals surface area (Å²) in [5.74, 6) is 0.00376. The Bertz CT molecular complexity index is 1010. The molecule has 5 heteroatoms. The molecule has 3 rings (SSSR count). The molecule has 3 aromatic rings. The molecule has 0 aliphatic heterocycles. The Kier molecular flexibility index (Phi) is 8.24. The fraction of sp³-hybridized carbons (Fsp3) is 0.321. The maximum atomic E-state index is 13.4. The molecule has 0 saturated heterocycles. The molecule has 33 heavy (non-hydrogen) atoms. The summed E-state index contributed by atoms with van der Waals surface area (Å²) in [4.78, 5) is 36.2. The first kappa shape index (κ1) is 24.9. The smallest absolute Gasteiger partial charge is 0.338 e. The lowest BCUT2D eigenvalue weighted by Gasteiger charge is -2.31. The Hall–Kier alpha value is -2.73. The first-order valence-electron chi connectivity index (χ1n) is 11.6. The molecule has 0 fully saturated rings. The molecule has 1 amide bonds. The van der Waals surface area contributed by atoms with Crippen LogP contribution in [0.5, 0.6) is 0 Å². The third-order valence-electron chi connectivity index (χ3n) is 6.18. The summed E-state index contributed by atoms with van der Waals surface area (Å²) in [7, 11) is -3.30. The van der Waals surface area contributed by atoms with Gasteiger partial charge in [-0.15, -0.1) is 0 Å². The van der Waals surface area contributed by atoms with Crippen molar-refractivity contribution in [2.24, 2.45) is 0 Å². The summed E-state index contributed by atoms with van der Waals surface area (Å²) in [6.45, 7) is 6.81. The van der Waals surface area contributed by atoms with Crippen LogP contribution in [0.1, 0.15) is 47.8 Å². The van der Waals surface area contributed by atoms with E-state index >= 15 is 0 Å². The lowest BCUT2D eigenvalue weighted by atomic mass is 10.1. The Morgan fingerprint density at radius 3 is 1.82 bits per heavy atom. The predicted molar refractivity (Wildman–Crippen MR) is 136 cm³/mol. The van der Waals surface area contributed by atoms with Gasteiger partial charge in [-0.3, -0.25) is 4.79 Å². The summed E-state index contributed by atoms with van der Waals surface area (Å²) < 4.78 is 0. The zero-order valence-electron chi connectivity index (χ0n) is 19.9. The normalized spacial score (nSPS) is 11.9. The van der Waals surface area contributed by atoms with Gasteiger partial charge >= 0.3 is 8.56 Å². The van der Waals surface area contributed by atoms with Gasteiger partial charge in [-0.05, 0) is 47.7 Å². The van der Waals surface area contributed by atoms with Gasteiger partial charge in [0.05, 0.1) is 0 Å². The molecule has 3 aromatic carbocycles. The molecule has 0 aliphatic rings. The molecule has 174 valence electrons. The van der Waals surface area contributed by atoms with Crippen molar-refractivity contribution in [3.8, 4) is 0 Å². The van der Waals surface area contributed by atoms with E-state index < -0.39 is 13.6 Å². The number of hydrogen-bond acceptors (Lipinski definition) is 3. The summed E-state index contributed by atoms with van der Waals surface area (Å²) in [5, 5.41) is -0.487. The summed E-state index contributed by atoms with van der Waals surface area (Å²) >= 11 is 0. The van der Waals surface area contributed by atoms with Gasteiger partial charge in [-0.2, -0.15) is 0 Å². The molecule has 0 atom stereocenters. The largest absolute Gasteiger partial charge is 0.410 e. The Balaban J connectivity index is 1.70. The van der Waals surface area contributed by atoms with E-state index in [0.717, 1.165) is 17.5 Å². The van der Waals surface area contributed by atoms with E-state index in [1.165, 1.54) is 5.56 Å². The number of amides is 1. The minimum Gasteiger partial charge on any atom is -0.410 e. The van der Waals surface area contributed by atoms with Gasteiger partial charge in [0, 0.05) is 23.7 Å². The second-order valence-electron chi connectivity index (χ2n) is 9.71. The van der Waals surface area contributed by atoms with Crippen LogP contribution in [0, 0.1) is 0 Å². The van der Waals surface area contributed by atoms with Crippen LogP contribution >= 0.6 is 0 Å². The van der Waals surface area contributed by atoms with E-state index in [1.54, 1.807) is 0 Å². The maximum Gasteiger partial charge on any atom is 0.338 e. The van der Waals surface area contributed by atoms with Gasteiger partial charge in [0.1, 0.15) is 0 Å². The van der Waals surface area contributed by atoms with Crippen molar-refractivity contribution in [3.05, 3.63) is 107 Å². The van der Waals surface area contributed by atoms with E-state index in [-0.39, 0.29) is 5.91 Å². The molecule has 0 saturated carbocycles. The second kappa shape index (κ2) is 10.9. The van der Waals surface area contributed by atoms with Gasteiger partial charge in [0.2, 0.25) is 0 Å². The highest BCUT2D eigenvalue weighted by Gasteiger charge is 2.42. The predicted octanol–water partition coefficient (Wildman–Crippen LogP) is 5.34. The third-order valence-corrected chi connectivity index (χ3v) is 9.53. The van der Waals surface area contributed by atoms with Crippen LogP contribution in [0.25, 0.3) is 0 Å². The lowest BCUT2D eigenvalue weighted by molar-refractivity contribution is 0.0745. The molecule has 0 bridgehead atoms. The number of carbonyl (C=O) groups is 1. The first-order chi connectivity index (χ1) is 15.7. The van der Waals surface area contributed by atoms with Gasteiger partial charge in [0.15, 0.2) is 0 Å². The van der Waals surface area contributed by atoms with Crippen LogP contribution in [0.15, 0.2) is 84.9 Å². The van der Waals surface area contributed by atoms with Crippen molar-refractivity contribution in [2.75, 3.05) is 6.54 Å². The van der Waals surface area contributed by atoms with Gasteiger partial charge < -0.3 is 14.5 Å². The molecular formula is C28H35NO3Si. The molecule has 0 aliphatic carbocycles. The van der Waals surface area contributed by atoms with E-state index in [2.05, 4.69) is 12.1 Å². The van der Waals surface area contributed by atoms with Crippen molar-refractivity contribution in [1.29, 1.82) is 0 Å². The minimum atomic E-state index is -3.30. The van der Waals surface area contributed by atoms with E-state index in [9.17, 15) is 14.4 Å². The Morgan fingerprint density at radius 1 is 0.758 bits per heavy atom. The standard InChI is InChI=1S/C28H35NO3Si/c1-28(2,3)33(31,32)21-19-24-14-16-26(17-15-24)27(30)29(22-25-12-8-5-9-13-25)20-18-23-10-6-4-7-11-23/h4-17,31-32H,18-22H2,1-3H3. The molecular weight excluding hydrogens is 426 g/mol. The zero-order chi connectivity index (χ0) is 23.9. The van der Waals surface area contributed by atoms with E-state index in [4.69, 9.17) is 0 Å². The number of aryl methyl sites for hydroxylation is 1. The Labute approximate surface area is 198 Å². The highest BCUT2D eigenvalue weighted by Crippen LogP contribution is 2.35. The Morgan fingerprint density at radius 2 is 1.27 bits per heavy atom. The SMILES string of the molecule is CC(C)(C)[Si](O)(O)CCc1ccc(C(=O)N(CCc2ccccc2)Cc2ccccc2)cc1. The van der Waals surface area contributed by atoms with Crippen LogP contribution in [0.2, 0.25) is 11.1 Å². The average Bonchev–Trinajstić information content (AvgIpc) is 2.81. The monoisotopic (exact) mass is 461 g/mol. The maximum absolute atomic E-state index is 13.4. The molecule has 4 nitrogen and oxygen atoms in total. The fourth-order valence-corrected chi connectivity index (χ4v) is 5.04. The summed E-state index contributed by atoms with van der Waals surface area (Å²) in [6.07, 6.45) is 1.39. The second-order valence-corrected chi connectivity index (χ2v) is 13.3. The molecule has 2 N–H and O–H groups in total. The fourth-order valence-electron chi connectivity index (χ4n) is 3.66. The van der Waals surface area contributed by atoms with Gasteiger partial charge in [-0.25, -0.2) is 0 Å². The molecule has 0 aromatic heterocycles. The number of hydrogen-bond donors (Lipinski definition) is 2. The number of benzene rings is 3. The van der Waals surface area contributed by atoms with Crippen LogP contribution in [0.4, 0.5) is 0 Å². The molecule has 0 heterocycles. The number of rotatable bonds is 9. The zero-order valence-corrected chi connectivity index (χ0v) is 20.9. The van der Waals surface area contributed by atoms with E-state index in [0.29, 0.717) is 31.1 Å². The van der Waals surface area contributed by atoms with Crippen molar-refractivity contribution in [1.82, 2.24) is 4.90 Å². The lowest BCUT2D eigenvalue weighted by Crippen LogP contribution is -2.44. The highest BCUT2D eigenvalue weighted by molar-refractivity contribution is 6.67. The first-order valence-corrected chi connectivity index (χ1v) is 13.7. The van der Waals surface area contributed by atoms with Crippen LogP contribution < -0.4 is 0 Å². The molecule has 0 spiro atoms. The number of carbonyl (C=O) groups excluding carboxylic acids is 1. The van der Waals surface area contributed by atoms with Gasteiger partial charge in [-0.1, -0.05) is 93.6 Å². The van der Waals surface area contributed by atoms with Crippen LogP contribution in [-0.4, -0.2) is 35.5 Å². The topological polar surface area (TPSA) is 60.8 Å². The van der Waals surface area contributed by atoms with Crippen molar-refractivity contribution >= 4 is 14.5 Å². The molecule has 0 unspecified atom stereocenters. The van der Waals surface area contributed by atoms with E-state index in [1.807, 2.05) is 98.5 Å². The minimum absolute atomic E-state index is 0.00376. The van der Waals surface area contributed by atoms with Crippen LogP contribution in [-0.2, 0) is 19.4 Å². The van der Waals surface area contributed by atoms with Crippen molar-refractivity contribution in [3.63, 3.8) is 0 Å². The average molecular weight is 462 g/mol. The summed E-state index contributed by atoms with van der Waals surface area (Å²) in [5.41, 5.74) is 3.97.